The molecule has 1 aliphatic rings. The molecule has 5 nitrogen and oxygen atoms in total. The average molecular weight is 320 g/mol. The lowest BCUT2D eigenvalue weighted by Gasteiger charge is -2.10. The largest absolute Gasteiger partial charge is 0.325 e. The summed E-state index contributed by atoms with van der Waals surface area (Å²) in [4.78, 5) is 20.8. The minimum absolute atomic E-state index is 0.0935. The van der Waals surface area contributed by atoms with Crippen molar-refractivity contribution in [3.05, 3.63) is 66.1 Å². The molecule has 0 bridgehead atoms. The van der Waals surface area contributed by atoms with Crippen LogP contribution in [0.5, 0.6) is 0 Å². The summed E-state index contributed by atoms with van der Waals surface area (Å²) in [6, 6.07) is 13.5. The molecule has 1 aromatic heterocycles. The summed E-state index contributed by atoms with van der Waals surface area (Å²) < 4.78 is 13.0. The topological polar surface area (TPSA) is 66.9 Å². The summed E-state index contributed by atoms with van der Waals surface area (Å²) in [5.74, 6) is -0.00420. The Labute approximate surface area is 137 Å². The van der Waals surface area contributed by atoms with Gasteiger partial charge in [0.15, 0.2) is 0 Å². The van der Waals surface area contributed by atoms with Gasteiger partial charge >= 0.3 is 0 Å². The Morgan fingerprint density at radius 3 is 2.71 bits per heavy atom. The molecule has 3 aromatic rings. The molecule has 0 spiro atoms. The van der Waals surface area contributed by atoms with E-state index in [0.29, 0.717) is 17.3 Å². The van der Waals surface area contributed by atoms with E-state index in [9.17, 15) is 9.18 Å². The van der Waals surface area contributed by atoms with Crippen molar-refractivity contribution in [2.75, 3.05) is 10.6 Å². The van der Waals surface area contributed by atoms with Crippen LogP contribution < -0.4 is 10.6 Å². The third-order valence-electron chi connectivity index (χ3n) is 3.77. The van der Waals surface area contributed by atoms with Gasteiger partial charge in [0, 0.05) is 23.0 Å². The summed E-state index contributed by atoms with van der Waals surface area (Å²) >= 11 is 0. The molecule has 4 rings (SSSR count). The van der Waals surface area contributed by atoms with E-state index in [1.807, 2.05) is 24.3 Å². The first-order valence-electron chi connectivity index (χ1n) is 7.47. The summed E-state index contributed by atoms with van der Waals surface area (Å²) in [5, 5.41) is 5.93. The van der Waals surface area contributed by atoms with Crippen LogP contribution in [-0.2, 0) is 11.2 Å². The highest BCUT2D eigenvalue weighted by Gasteiger charge is 2.20. The maximum atomic E-state index is 13.0. The number of rotatable bonds is 2. The lowest BCUT2D eigenvalue weighted by Crippen LogP contribution is -2.12. The Hall–Kier alpha value is -3.28. The van der Waals surface area contributed by atoms with Crippen LogP contribution in [0.3, 0.4) is 0 Å². The zero-order valence-electron chi connectivity index (χ0n) is 12.6. The number of para-hydroxylation sites is 1. The Morgan fingerprint density at radius 2 is 1.88 bits per heavy atom. The van der Waals surface area contributed by atoms with Gasteiger partial charge in [0.1, 0.15) is 5.82 Å². The van der Waals surface area contributed by atoms with Crippen LogP contribution in [0.4, 0.5) is 21.7 Å². The predicted molar refractivity (Wildman–Crippen MR) is 89.5 cm³/mol. The van der Waals surface area contributed by atoms with Gasteiger partial charge in [-0.2, -0.15) is 0 Å². The average Bonchev–Trinajstić information content (AvgIpc) is 2.72. The Balaban J connectivity index is 1.76. The molecule has 0 atom stereocenters. The molecule has 2 N–H and O–H groups in total. The first-order valence-corrected chi connectivity index (χ1v) is 7.47. The Kier molecular flexibility index (Phi) is 3.42. The molecule has 118 valence electrons. The number of carbonyl (C=O) groups is 1. The van der Waals surface area contributed by atoms with Gasteiger partial charge in [-0.3, -0.25) is 4.79 Å². The number of nitrogens with zero attached hydrogens (tertiary/aromatic N) is 2. The molecule has 1 aliphatic heterocycles. The van der Waals surface area contributed by atoms with E-state index in [2.05, 4.69) is 20.6 Å². The number of nitrogens with one attached hydrogen (secondary N) is 2. The van der Waals surface area contributed by atoms with Gasteiger partial charge in [-0.15, -0.1) is 0 Å². The zero-order valence-corrected chi connectivity index (χ0v) is 12.6. The van der Waals surface area contributed by atoms with Gasteiger partial charge in [0.2, 0.25) is 11.9 Å². The molecule has 24 heavy (non-hydrogen) atoms. The highest BCUT2D eigenvalue weighted by atomic mass is 19.1. The van der Waals surface area contributed by atoms with Gasteiger partial charge in [0.05, 0.1) is 17.8 Å². The molecule has 0 aliphatic carbocycles. The van der Waals surface area contributed by atoms with E-state index in [1.165, 1.54) is 12.1 Å². The van der Waals surface area contributed by atoms with E-state index in [4.69, 9.17) is 0 Å². The van der Waals surface area contributed by atoms with Crippen LogP contribution in [-0.4, -0.2) is 15.9 Å². The van der Waals surface area contributed by atoms with Crippen LogP contribution in [0.15, 0.2) is 54.7 Å². The molecule has 0 saturated heterocycles. The molecule has 0 radical (unpaired) electrons. The van der Waals surface area contributed by atoms with E-state index < -0.39 is 0 Å². The molecular formula is C18H13FN4O. The minimum Gasteiger partial charge on any atom is -0.325 e. The fourth-order valence-electron chi connectivity index (χ4n) is 2.66. The van der Waals surface area contributed by atoms with Crippen LogP contribution >= 0.6 is 0 Å². The normalized spacial score (nSPS) is 12.6. The fourth-order valence-corrected chi connectivity index (χ4v) is 2.66. The number of hydrogen-bond donors (Lipinski definition) is 2. The second-order valence-corrected chi connectivity index (χ2v) is 5.47. The SMILES string of the molecule is O=C1Cc2cnc(Nc3ccc(F)cc3)nc2-c2ccccc2N1. The highest BCUT2D eigenvalue weighted by molar-refractivity contribution is 5.99. The Morgan fingerprint density at radius 1 is 1.08 bits per heavy atom. The van der Waals surface area contributed by atoms with Gasteiger partial charge in [0.25, 0.3) is 0 Å². The number of carbonyl (C=O) groups excluding carboxylic acids is 1. The minimum atomic E-state index is -0.304. The number of aromatic nitrogens is 2. The molecule has 0 unspecified atom stereocenters. The maximum absolute atomic E-state index is 13.0. The number of amides is 1. The maximum Gasteiger partial charge on any atom is 0.228 e. The van der Waals surface area contributed by atoms with Gasteiger partial charge in [-0.05, 0) is 30.3 Å². The number of anilines is 3. The van der Waals surface area contributed by atoms with Crippen LogP contribution in [0.2, 0.25) is 0 Å². The molecular weight excluding hydrogens is 307 g/mol. The van der Waals surface area contributed by atoms with Crippen molar-refractivity contribution >= 4 is 23.2 Å². The standard InChI is InChI=1S/C18H13FN4O/c19-12-5-7-13(8-6-12)21-18-20-10-11-9-16(24)22-15-4-2-1-3-14(15)17(11)23-18/h1-8,10H,9H2,(H,22,24)(H,20,21,23). The molecule has 2 aromatic carbocycles. The summed E-state index contributed by atoms with van der Waals surface area (Å²) in [6.45, 7) is 0. The quantitative estimate of drug-likeness (QED) is 0.758. The number of halogens is 1. The van der Waals surface area contributed by atoms with E-state index >= 15 is 0 Å². The Bertz CT molecular complexity index is 925. The highest BCUT2D eigenvalue weighted by Crippen LogP contribution is 2.32. The van der Waals surface area contributed by atoms with Crippen molar-refractivity contribution in [1.82, 2.24) is 9.97 Å². The van der Waals surface area contributed by atoms with Gasteiger partial charge < -0.3 is 10.6 Å². The van der Waals surface area contributed by atoms with Crippen LogP contribution in [0.1, 0.15) is 5.56 Å². The first kappa shape index (κ1) is 14.3. The second-order valence-electron chi connectivity index (χ2n) is 5.47. The molecule has 6 heteroatoms. The van der Waals surface area contributed by atoms with E-state index in [1.54, 1.807) is 18.3 Å². The van der Waals surface area contributed by atoms with Crippen LogP contribution in [0, 0.1) is 5.82 Å². The smallest absolute Gasteiger partial charge is 0.228 e. The first-order chi connectivity index (χ1) is 11.7. The van der Waals surface area contributed by atoms with Crippen molar-refractivity contribution in [3.63, 3.8) is 0 Å². The zero-order chi connectivity index (χ0) is 16.5. The molecule has 1 amide bonds. The summed E-state index contributed by atoms with van der Waals surface area (Å²) in [7, 11) is 0. The molecule has 0 fully saturated rings. The van der Waals surface area contributed by atoms with Crippen molar-refractivity contribution in [3.8, 4) is 11.3 Å². The van der Waals surface area contributed by atoms with E-state index in [0.717, 1.165) is 16.8 Å². The van der Waals surface area contributed by atoms with Crippen molar-refractivity contribution in [2.24, 2.45) is 0 Å². The van der Waals surface area contributed by atoms with Gasteiger partial charge in [-0.1, -0.05) is 18.2 Å². The lowest BCUT2D eigenvalue weighted by molar-refractivity contribution is -0.115. The third kappa shape index (κ3) is 2.69. The molecule has 0 saturated carbocycles. The summed E-state index contributed by atoms with van der Waals surface area (Å²) in [5.41, 5.74) is 3.74. The molecule has 2 heterocycles. The van der Waals surface area contributed by atoms with Crippen molar-refractivity contribution in [1.29, 1.82) is 0 Å². The monoisotopic (exact) mass is 320 g/mol. The summed E-state index contributed by atoms with van der Waals surface area (Å²) in [6.07, 6.45) is 1.87. The van der Waals surface area contributed by atoms with E-state index in [-0.39, 0.29) is 18.1 Å². The van der Waals surface area contributed by atoms with Crippen molar-refractivity contribution in [2.45, 2.75) is 6.42 Å². The van der Waals surface area contributed by atoms with Crippen LogP contribution in [0.25, 0.3) is 11.3 Å². The number of hydrogen-bond acceptors (Lipinski definition) is 4. The fraction of sp³-hybridized carbons (Fsp3) is 0.0556. The number of benzene rings is 2. The van der Waals surface area contributed by atoms with Crippen molar-refractivity contribution < 1.29 is 9.18 Å². The third-order valence-corrected chi connectivity index (χ3v) is 3.77. The number of fused-ring (bicyclic) bond motifs is 3. The predicted octanol–water partition coefficient (Wildman–Crippen LogP) is 3.52. The van der Waals surface area contributed by atoms with Gasteiger partial charge in [-0.25, -0.2) is 14.4 Å². The second kappa shape index (κ2) is 5.73. The lowest BCUT2D eigenvalue weighted by atomic mass is 10.1.